The van der Waals surface area contributed by atoms with Crippen molar-refractivity contribution in [1.82, 2.24) is 0 Å². The fourth-order valence-electron chi connectivity index (χ4n) is 1.93. The molecule has 0 saturated heterocycles. The highest BCUT2D eigenvalue weighted by Gasteiger charge is 2.15. The number of benzene rings is 2. The SMILES string of the molecule is COC(=O)C=Cc1ccc(C)cc1NS(=O)(=O)c1ccccc1. The van der Waals surface area contributed by atoms with Crippen molar-refractivity contribution in [2.75, 3.05) is 11.8 Å². The standard InChI is InChI=1S/C17H17NO4S/c1-13-8-9-14(10-11-17(19)22-2)16(12-13)18-23(20,21)15-6-4-3-5-7-15/h3-12,18H,1-2H3. The van der Waals surface area contributed by atoms with Gasteiger partial charge < -0.3 is 4.74 Å². The van der Waals surface area contributed by atoms with Gasteiger partial charge in [-0.1, -0.05) is 30.3 Å². The number of rotatable bonds is 5. The van der Waals surface area contributed by atoms with Crippen molar-refractivity contribution in [2.45, 2.75) is 11.8 Å². The lowest BCUT2D eigenvalue weighted by molar-refractivity contribution is -0.134. The number of esters is 1. The smallest absolute Gasteiger partial charge is 0.330 e. The van der Waals surface area contributed by atoms with Gasteiger partial charge in [-0.05, 0) is 42.3 Å². The van der Waals surface area contributed by atoms with Crippen LogP contribution in [0, 0.1) is 6.92 Å². The number of carbonyl (C=O) groups is 1. The Balaban J connectivity index is 2.37. The summed E-state index contributed by atoms with van der Waals surface area (Å²) < 4.78 is 32.0. The second-order valence-corrected chi connectivity index (χ2v) is 6.55. The number of sulfonamides is 1. The van der Waals surface area contributed by atoms with Crippen molar-refractivity contribution in [3.05, 3.63) is 65.7 Å². The molecule has 6 heteroatoms. The van der Waals surface area contributed by atoms with Crippen molar-refractivity contribution in [2.24, 2.45) is 0 Å². The molecule has 0 heterocycles. The number of nitrogens with one attached hydrogen (secondary N) is 1. The zero-order valence-corrected chi connectivity index (χ0v) is 13.6. The van der Waals surface area contributed by atoms with E-state index in [1.165, 1.54) is 31.4 Å². The van der Waals surface area contributed by atoms with E-state index in [9.17, 15) is 13.2 Å². The summed E-state index contributed by atoms with van der Waals surface area (Å²) in [7, 11) is -2.42. The number of anilines is 1. The van der Waals surface area contributed by atoms with Gasteiger partial charge in [0.05, 0.1) is 17.7 Å². The molecule has 120 valence electrons. The number of hydrogen-bond donors (Lipinski definition) is 1. The zero-order valence-electron chi connectivity index (χ0n) is 12.8. The van der Waals surface area contributed by atoms with Crippen LogP contribution in [0.1, 0.15) is 11.1 Å². The molecule has 0 bridgehead atoms. The fourth-order valence-corrected chi connectivity index (χ4v) is 3.03. The Labute approximate surface area is 135 Å². The van der Waals surface area contributed by atoms with Crippen LogP contribution >= 0.6 is 0 Å². The minimum absolute atomic E-state index is 0.171. The van der Waals surface area contributed by atoms with E-state index in [4.69, 9.17) is 0 Å². The molecule has 0 aliphatic rings. The molecule has 2 aromatic carbocycles. The van der Waals surface area contributed by atoms with Crippen LogP contribution in [-0.2, 0) is 19.6 Å². The van der Waals surface area contributed by atoms with Crippen molar-refractivity contribution >= 4 is 27.8 Å². The number of aryl methyl sites for hydroxylation is 1. The fraction of sp³-hybridized carbons (Fsp3) is 0.118. The zero-order chi connectivity index (χ0) is 16.9. The maximum Gasteiger partial charge on any atom is 0.330 e. The first-order chi connectivity index (χ1) is 10.9. The third kappa shape index (κ3) is 4.43. The molecule has 1 N–H and O–H groups in total. The maximum absolute atomic E-state index is 12.4. The van der Waals surface area contributed by atoms with E-state index < -0.39 is 16.0 Å². The quantitative estimate of drug-likeness (QED) is 0.675. The second kappa shape index (κ2) is 7.11. The minimum atomic E-state index is -3.70. The number of ether oxygens (including phenoxy) is 1. The van der Waals surface area contributed by atoms with Crippen LogP contribution in [-0.4, -0.2) is 21.5 Å². The van der Waals surface area contributed by atoms with Crippen LogP contribution in [0.15, 0.2) is 59.5 Å². The molecule has 0 radical (unpaired) electrons. The maximum atomic E-state index is 12.4. The van der Waals surface area contributed by atoms with Gasteiger partial charge >= 0.3 is 5.97 Å². The van der Waals surface area contributed by atoms with Crippen molar-refractivity contribution in [1.29, 1.82) is 0 Å². The number of hydrogen-bond acceptors (Lipinski definition) is 4. The van der Waals surface area contributed by atoms with E-state index in [0.717, 1.165) is 5.56 Å². The topological polar surface area (TPSA) is 72.5 Å². The van der Waals surface area contributed by atoms with Gasteiger partial charge in [0, 0.05) is 6.08 Å². The Morgan fingerprint density at radius 3 is 2.48 bits per heavy atom. The highest BCUT2D eigenvalue weighted by Crippen LogP contribution is 2.23. The predicted octanol–water partition coefficient (Wildman–Crippen LogP) is 2.98. The van der Waals surface area contributed by atoms with E-state index in [0.29, 0.717) is 11.3 Å². The summed E-state index contributed by atoms with van der Waals surface area (Å²) in [5, 5.41) is 0. The molecule has 0 unspecified atom stereocenters. The first-order valence-electron chi connectivity index (χ1n) is 6.87. The summed E-state index contributed by atoms with van der Waals surface area (Å²) in [6.45, 7) is 1.86. The molecule has 0 spiro atoms. The molecule has 0 fully saturated rings. The lowest BCUT2D eigenvalue weighted by Gasteiger charge is -2.11. The first-order valence-corrected chi connectivity index (χ1v) is 8.35. The molecule has 0 aliphatic carbocycles. The third-order valence-corrected chi connectivity index (χ3v) is 4.49. The monoisotopic (exact) mass is 331 g/mol. The van der Waals surface area contributed by atoms with Gasteiger partial charge in [0.15, 0.2) is 0 Å². The van der Waals surface area contributed by atoms with E-state index >= 15 is 0 Å². The van der Waals surface area contributed by atoms with Crippen LogP contribution in [0.4, 0.5) is 5.69 Å². The largest absolute Gasteiger partial charge is 0.466 e. The van der Waals surface area contributed by atoms with Crippen LogP contribution in [0.5, 0.6) is 0 Å². The minimum Gasteiger partial charge on any atom is -0.466 e. The van der Waals surface area contributed by atoms with Crippen LogP contribution in [0.25, 0.3) is 6.08 Å². The summed E-state index contributed by atoms with van der Waals surface area (Å²) in [4.78, 5) is 11.4. The average molecular weight is 331 g/mol. The number of carbonyl (C=O) groups excluding carboxylic acids is 1. The molecular formula is C17H17NO4S. The van der Waals surface area contributed by atoms with Crippen LogP contribution in [0.2, 0.25) is 0 Å². The normalized spacial score (nSPS) is 11.4. The van der Waals surface area contributed by atoms with E-state index in [-0.39, 0.29) is 4.90 Å². The third-order valence-electron chi connectivity index (χ3n) is 3.11. The molecule has 2 aromatic rings. The lowest BCUT2D eigenvalue weighted by Crippen LogP contribution is -2.13. The highest BCUT2D eigenvalue weighted by molar-refractivity contribution is 7.92. The Morgan fingerprint density at radius 2 is 1.83 bits per heavy atom. The molecule has 23 heavy (non-hydrogen) atoms. The molecule has 0 saturated carbocycles. The predicted molar refractivity (Wildman–Crippen MR) is 89.5 cm³/mol. The Bertz CT molecular complexity index is 827. The van der Waals surface area contributed by atoms with E-state index in [1.54, 1.807) is 30.3 Å². The summed E-state index contributed by atoms with van der Waals surface area (Å²) in [6, 6.07) is 13.4. The highest BCUT2D eigenvalue weighted by atomic mass is 32.2. The molecule has 0 aliphatic heterocycles. The summed E-state index contributed by atoms with van der Waals surface area (Å²) in [5.74, 6) is -0.512. The first kappa shape index (κ1) is 16.8. The molecule has 0 atom stereocenters. The second-order valence-electron chi connectivity index (χ2n) is 4.87. The van der Waals surface area contributed by atoms with E-state index in [1.807, 2.05) is 13.0 Å². The molecule has 5 nitrogen and oxygen atoms in total. The van der Waals surface area contributed by atoms with Crippen molar-refractivity contribution in [3.63, 3.8) is 0 Å². The van der Waals surface area contributed by atoms with Gasteiger partial charge in [-0.25, -0.2) is 13.2 Å². The van der Waals surface area contributed by atoms with Crippen LogP contribution < -0.4 is 4.72 Å². The Kier molecular flexibility index (Phi) is 5.18. The van der Waals surface area contributed by atoms with Gasteiger partial charge in [0.1, 0.15) is 0 Å². The van der Waals surface area contributed by atoms with Gasteiger partial charge in [-0.2, -0.15) is 0 Å². The Morgan fingerprint density at radius 1 is 1.13 bits per heavy atom. The lowest BCUT2D eigenvalue weighted by atomic mass is 10.1. The van der Waals surface area contributed by atoms with Gasteiger partial charge in [0.25, 0.3) is 10.0 Å². The number of methoxy groups -OCH3 is 1. The van der Waals surface area contributed by atoms with Crippen molar-refractivity contribution in [3.8, 4) is 0 Å². The summed E-state index contributed by atoms with van der Waals surface area (Å²) in [6.07, 6.45) is 2.75. The summed E-state index contributed by atoms with van der Waals surface area (Å²) in [5.41, 5.74) is 1.86. The molecule has 0 aromatic heterocycles. The Hall–Kier alpha value is -2.60. The molecule has 2 rings (SSSR count). The average Bonchev–Trinajstić information content (AvgIpc) is 2.54. The van der Waals surface area contributed by atoms with Gasteiger partial charge in [-0.15, -0.1) is 0 Å². The van der Waals surface area contributed by atoms with Crippen molar-refractivity contribution < 1.29 is 17.9 Å². The van der Waals surface area contributed by atoms with Gasteiger partial charge in [0.2, 0.25) is 0 Å². The molecule has 0 amide bonds. The van der Waals surface area contributed by atoms with E-state index in [2.05, 4.69) is 9.46 Å². The molecular weight excluding hydrogens is 314 g/mol. The summed E-state index contributed by atoms with van der Waals surface area (Å²) >= 11 is 0. The van der Waals surface area contributed by atoms with Gasteiger partial charge in [-0.3, -0.25) is 4.72 Å². The van der Waals surface area contributed by atoms with Crippen LogP contribution in [0.3, 0.4) is 0 Å².